The summed E-state index contributed by atoms with van der Waals surface area (Å²) < 4.78 is 6.99. The van der Waals surface area contributed by atoms with Crippen molar-refractivity contribution in [3.63, 3.8) is 0 Å². The number of para-hydroxylation sites is 1. The average molecular weight is 316 g/mol. The van der Waals surface area contributed by atoms with Crippen molar-refractivity contribution >= 4 is 22.8 Å². The second kappa shape index (κ2) is 6.23. The van der Waals surface area contributed by atoms with Gasteiger partial charge in [-0.05, 0) is 12.1 Å². The predicted octanol–water partition coefficient (Wildman–Crippen LogP) is 1.93. The van der Waals surface area contributed by atoms with E-state index < -0.39 is 0 Å². The highest BCUT2D eigenvalue weighted by Gasteiger charge is 2.21. The van der Waals surface area contributed by atoms with Crippen LogP contribution in [-0.2, 0) is 7.05 Å². The predicted molar refractivity (Wildman–Crippen MR) is 87.4 cm³/mol. The highest BCUT2D eigenvalue weighted by Crippen LogP contribution is 2.30. The largest absolute Gasteiger partial charge is 0.496 e. The van der Waals surface area contributed by atoms with Gasteiger partial charge in [0, 0.05) is 24.6 Å². The number of nitrogens with zero attached hydrogens (tertiary/aromatic N) is 3. The van der Waals surface area contributed by atoms with Crippen molar-refractivity contribution < 1.29 is 9.53 Å². The molecule has 114 valence electrons. The zero-order valence-electron chi connectivity index (χ0n) is 12.4. The van der Waals surface area contributed by atoms with E-state index in [1.165, 1.54) is 0 Å². The maximum Gasteiger partial charge on any atom is 0.261 e. The molecule has 2 aromatic rings. The van der Waals surface area contributed by atoms with Crippen molar-refractivity contribution in [3.05, 3.63) is 36.0 Å². The minimum absolute atomic E-state index is 0.206. The lowest BCUT2D eigenvalue weighted by Crippen LogP contribution is -2.27. The molecule has 22 heavy (non-hydrogen) atoms. The topological polar surface area (TPSA) is 68.5 Å². The first-order valence-corrected chi connectivity index (χ1v) is 7.83. The summed E-state index contributed by atoms with van der Waals surface area (Å²) in [7, 11) is 3.39. The van der Waals surface area contributed by atoms with E-state index >= 15 is 0 Å². The summed E-state index contributed by atoms with van der Waals surface area (Å²) in [4.78, 5) is 16.7. The van der Waals surface area contributed by atoms with Crippen LogP contribution >= 0.6 is 11.8 Å². The molecule has 0 saturated carbocycles. The summed E-state index contributed by atoms with van der Waals surface area (Å²) in [6, 6.07) is 7.52. The number of hydrogen-bond acceptors (Lipinski definition) is 5. The van der Waals surface area contributed by atoms with Crippen molar-refractivity contribution in [3.8, 4) is 17.0 Å². The minimum Gasteiger partial charge on any atom is -0.496 e. The number of ether oxygens (including phenoxy) is 1. The second-order valence-corrected chi connectivity index (χ2v) is 5.84. The molecule has 0 saturated heterocycles. The molecule has 1 N–H and O–H groups in total. The second-order valence-electron chi connectivity index (χ2n) is 4.75. The van der Waals surface area contributed by atoms with Crippen LogP contribution in [0.5, 0.6) is 5.75 Å². The molecule has 3 rings (SSSR count). The number of amides is 1. The van der Waals surface area contributed by atoms with E-state index in [-0.39, 0.29) is 5.91 Å². The Balaban J connectivity index is 1.97. The number of thioether (sulfide) groups is 1. The smallest absolute Gasteiger partial charge is 0.261 e. The Hall–Kier alpha value is -2.28. The fourth-order valence-electron chi connectivity index (χ4n) is 2.27. The Morgan fingerprint density at radius 1 is 1.41 bits per heavy atom. The zero-order valence-corrected chi connectivity index (χ0v) is 13.2. The number of carbonyl (C=O) groups is 1. The number of aromatic nitrogens is 2. The number of carbonyl (C=O) groups excluding carboxylic acids is 1. The van der Waals surface area contributed by atoms with E-state index in [1.807, 2.05) is 24.3 Å². The van der Waals surface area contributed by atoms with Gasteiger partial charge in [-0.25, -0.2) is 0 Å². The van der Waals surface area contributed by atoms with Gasteiger partial charge in [0.2, 0.25) is 0 Å². The van der Waals surface area contributed by atoms with Crippen LogP contribution in [0.2, 0.25) is 0 Å². The first-order valence-electron chi connectivity index (χ1n) is 6.84. The number of benzene rings is 1. The summed E-state index contributed by atoms with van der Waals surface area (Å²) >= 11 is 1.55. The molecule has 1 aromatic heterocycles. The Morgan fingerprint density at radius 2 is 2.23 bits per heavy atom. The van der Waals surface area contributed by atoms with Gasteiger partial charge in [-0.1, -0.05) is 23.9 Å². The molecule has 1 aromatic carbocycles. The average Bonchev–Trinajstić information content (AvgIpc) is 3.16. The third-order valence-corrected chi connectivity index (χ3v) is 4.13. The number of aliphatic imine (C=N–C) groups is 1. The van der Waals surface area contributed by atoms with Crippen molar-refractivity contribution in [2.75, 3.05) is 19.4 Å². The quantitative estimate of drug-likeness (QED) is 0.939. The Labute approximate surface area is 132 Å². The molecule has 1 aliphatic rings. The van der Waals surface area contributed by atoms with Gasteiger partial charge in [0.25, 0.3) is 5.91 Å². The highest BCUT2D eigenvalue weighted by molar-refractivity contribution is 8.14. The van der Waals surface area contributed by atoms with Gasteiger partial charge in [0.1, 0.15) is 11.4 Å². The highest BCUT2D eigenvalue weighted by atomic mass is 32.2. The van der Waals surface area contributed by atoms with Crippen LogP contribution in [0.4, 0.5) is 0 Å². The maximum atomic E-state index is 12.5. The molecule has 0 bridgehead atoms. The number of amidine groups is 1. The van der Waals surface area contributed by atoms with Crippen LogP contribution in [0.25, 0.3) is 11.3 Å². The molecule has 0 fully saturated rings. The monoisotopic (exact) mass is 316 g/mol. The molecule has 0 aliphatic carbocycles. The molecular formula is C15H16N4O2S. The van der Waals surface area contributed by atoms with Crippen LogP contribution in [0.15, 0.2) is 35.5 Å². The summed E-state index contributed by atoms with van der Waals surface area (Å²) in [6.45, 7) is 0.743. The fraction of sp³-hybridized carbons (Fsp3) is 0.267. The standard InChI is InChI=1S/C15H16N4O2S/c1-19-9-11(14(20)17-15-16-7-8-22-15)13(18-19)10-5-3-4-6-12(10)21-2/h3-6,9H,7-8H2,1-2H3,(H,16,17,20). The third kappa shape index (κ3) is 2.85. The molecule has 1 amide bonds. The first-order chi connectivity index (χ1) is 10.7. The van der Waals surface area contributed by atoms with Gasteiger partial charge in [-0.3, -0.25) is 14.5 Å². The van der Waals surface area contributed by atoms with Gasteiger partial charge in [-0.15, -0.1) is 0 Å². The molecule has 0 spiro atoms. The lowest BCUT2D eigenvalue weighted by Gasteiger charge is -2.08. The third-order valence-electron chi connectivity index (χ3n) is 3.24. The Kier molecular flexibility index (Phi) is 4.15. The molecule has 7 heteroatoms. The van der Waals surface area contributed by atoms with Gasteiger partial charge in [0.05, 0.1) is 19.2 Å². The minimum atomic E-state index is -0.206. The molecular weight excluding hydrogens is 300 g/mol. The van der Waals surface area contributed by atoms with E-state index in [0.29, 0.717) is 22.2 Å². The zero-order chi connectivity index (χ0) is 15.5. The SMILES string of the molecule is COc1ccccc1-c1nn(C)cc1C(=O)NC1=NCCS1. The van der Waals surface area contributed by atoms with Crippen molar-refractivity contribution in [2.24, 2.45) is 12.0 Å². The maximum absolute atomic E-state index is 12.5. The molecule has 0 unspecified atom stereocenters. The van der Waals surface area contributed by atoms with Gasteiger partial charge in [0.15, 0.2) is 5.17 Å². The summed E-state index contributed by atoms with van der Waals surface area (Å²) in [5.74, 6) is 1.38. The summed E-state index contributed by atoms with van der Waals surface area (Å²) in [5, 5.41) is 7.92. The van der Waals surface area contributed by atoms with Gasteiger partial charge in [-0.2, -0.15) is 5.10 Å². The van der Waals surface area contributed by atoms with Crippen molar-refractivity contribution in [1.29, 1.82) is 0 Å². The molecule has 2 heterocycles. The number of aryl methyl sites for hydroxylation is 1. The lowest BCUT2D eigenvalue weighted by atomic mass is 10.1. The van der Waals surface area contributed by atoms with Crippen LogP contribution < -0.4 is 10.1 Å². The Bertz CT molecular complexity index is 739. The normalized spacial score (nSPS) is 13.8. The van der Waals surface area contributed by atoms with Gasteiger partial charge >= 0.3 is 0 Å². The summed E-state index contributed by atoms with van der Waals surface area (Å²) in [5.41, 5.74) is 1.89. The number of hydrogen-bond donors (Lipinski definition) is 1. The van der Waals surface area contributed by atoms with E-state index in [2.05, 4.69) is 15.4 Å². The van der Waals surface area contributed by atoms with E-state index in [9.17, 15) is 4.79 Å². The van der Waals surface area contributed by atoms with Crippen LogP contribution in [0.3, 0.4) is 0 Å². The van der Waals surface area contributed by atoms with Crippen LogP contribution in [0, 0.1) is 0 Å². The van der Waals surface area contributed by atoms with E-state index in [4.69, 9.17) is 4.74 Å². The first kappa shape index (κ1) is 14.6. The summed E-state index contributed by atoms with van der Waals surface area (Å²) in [6.07, 6.45) is 1.71. The molecule has 0 radical (unpaired) electrons. The molecule has 0 atom stereocenters. The number of nitrogens with one attached hydrogen (secondary N) is 1. The van der Waals surface area contributed by atoms with Crippen molar-refractivity contribution in [1.82, 2.24) is 15.1 Å². The van der Waals surface area contributed by atoms with Gasteiger partial charge < -0.3 is 10.1 Å². The fourth-order valence-corrected chi connectivity index (χ4v) is 2.99. The van der Waals surface area contributed by atoms with E-state index in [1.54, 1.807) is 36.8 Å². The number of methoxy groups -OCH3 is 1. The lowest BCUT2D eigenvalue weighted by molar-refractivity contribution is 0.0978. The number of rotatable bonds is 3. The molecule has 1 aliphatic heterocycles. The van der Waals surface area contributed by atoms with Crippen LogP contribution in [-0.4, -0.2) is 40.3 Å². The van der Waals surface area contributed by atoms with Crippen LogP contribution in [0.1, 0.15) is 10.4 Å². The molecule has 6 nitrogen and oxygen atoms in total. The Morgan fingerprint density at radius 3 is 2.95 bits per heavy atom. The van der Waals surface area contributed by atoms with E-state index in [0.717, 1.165) is 17.9 Å². The van der Waals surface area contributed by atoms with Crippen molar-refractivity contribution in [2.45, 2.75) is 0 Å².